The maximum atomic E-state index is 12.7. The fourth-order valence-corrected chi connectivity index (χ4v) is 2.49. The van der Waals surface area contributed by atoms with Gasteiger partial charge in [0.05, 0.1) is 15.9 Å². The van der Waals surface area contributed by atoms with Crippen LogP contribution in [0, 0.1) is 20.2 Å². The minimum atomic E-state index is -0.676. The zero-order valence-electron chi connectivity index (χ0n) is 13.4. The molecule has 9 heteroatoms. The molecule has 0 spiro atoms. The Bertz CT molecular complexity index is 855. The van der Waals surface area contributed by atoms with Crippen molar-refractivity contribution in [2.75, 3.05) is 7.05 Å². The van der Waals surface area contributed by atoms with Crippen molar-refractivity contribution in [1.29, 1.82) is 0 Å². The van der Waals surface area contributed by atoms with Crippen molar-refractivity contribution in [3.8, 4) is 0 Å². The number of non-ortho nitro benzene ring substituents is 1. The summed E-state index contributed by atoms with van der Waals surface area (Å²) in [4.78, 5) is 34.8. The predicted octanol–water partition coefficient (Wildman–Crippen LogP) is 3.99. The van der Waals surface area contributed by atoms with Crippen LogP contribution in [0.3, 0.4) is 0 Å². The number of nitro benzene ring substituents is 2. The van der Waals surface area contributed by atoms with Gasteiger partial charge in [0.2, 0.25) is 0 Å². The topological polar surface area (TPSA) is 107 Å². The first-order valence-corrected chi connectivity index (χ1v) is 7.55. The third-order valence-corrected chi connectivity index (χ3v) is 4.09. The lowest BCUT2D eigenvalue weighted by atomic mass is 10.0. The molecule has 0 N–H and O–H groups in total. The average Bonchev–Trinajstić information content (AvgIpc) is 2.59. The highest BCUT2D eigenvalue weighted by Gasteiger charge is 2.26. The van der Waals surface area contributed by atoms with E-state index in [4.69, 9.17) is 11.6 Å². The zero-order valence-corrected chi connectivity index (χ0v) is 14.1. The molecule has 0 saturated carbocycles. The number of carbonyl (C=O) groups is 1. The molecule has 0 unspecified atom stereocenters. The molecule has 8 nitrogen and oxygen atoms in total. The van der Waals surface area contributed by atoms with Crippen LogP contribution < -0.4 is 0 Å². The number of carbonyl (C=O) groups excluding carboxylic acids is 1. The first-order valence-electron chi connectivity index (χ1n) is 7.18. The quantitative estimate of drug-likeness (QED) is 0.589. The maximum absolute atomic E-state index is 12.7. The van der Waals surface area contributed by atoms with Crippen LogP contribution in [0.15, 0.2) is 42.5 Å². The largest absolute Gasteiger partial charge is 0.335 e. The summed E-state index contributed by atoms with van der Waals surface area (Å²) in [6.45, 7) is 1.68. The summed E-state index contributed by atoms with van der Waals surface area (Å²) in [7, 11) is 1.48. The molecular formula is C16H14ClN3O5. The Morgan fingerprint density at radius 2 is 1.80 bits per heavy atom. The Kier molecular flexibility index (Phi) is 5.33. The third kappa shape index (κ3) is 3.92. The molecule has 0 fully saturated rings. The highest BCUT2D eigenvalue weighted by molar-refractivity contribution is 6.31. The molecule has 0 aromatic heterocycles. The Labute approximate surface area is 147 Å². The molecule has 1 atom stereocenters. The van der Waals surface area contributed by atoms with Crippen LogP contribution in [0.1, 0.15) is 28.9 Å². The van der Waals surface area contributed by atoms with Crippen LogP contribution >= 0.6 is 11.6 Å². The molecule has 2 aromatic carbocycles. The van der Waals surface area contributed by atoms with Crippen molar-refractivity contribution in [1.82, 2.24) is 4.90 Å². The van der Waals surface area contributed by atoms with Gasteiger partial charge in [0.15, 0.2) is 0 Å². The van der Waals surface area contributed by atoms with Gasteiger partial charge >= 0.3 is 0 Å². The highest BCUT2D eigenvalue weighted by Crippen LogP contribution is 2.28. The van der Waals surface area contributed by atoms with Gasteiger partial charge in [-0.05, 0) is 24.6 Å². The third-order valence-electron chi connectivity index (χ3n) is 3.85. The summed E-state index contributed by atoms with van der Waals surface area (Å²) in [5.41, 5.74) is -0.0471. The lowest BCUT2D eigenvalue weighted by Crippen LogP contribution is -2.30. The van der Waals surface area contributed by atoms with Crippen molar-refractivity contribution in [3.05, 3.63) is 78.8 Å². The number of amides is 1. The summed E-state index contributed by atoms with van der Waals surface area (Å²) >= 11 is 5.76. The molecule has 2 aromatic rings. The number of benzene rings is 2. The maximum Gasteiger partial charge on any atom is 0.283 e. The first-order chi connectivity index (χ1) is 11.7. The Balaban J connectivity index is 2.36. The minimum absolute atomic E-state index is 0.0947. The monoisotopic (exact) mass is 363 g/mol. The lowest BCUT2D eigenvalue weighted by Gasteiger charge is -2.25. The Hall–Kier alpha value is -3.00. The second-order valence-electron chi connectivity index (χ2n) is 5.36. The van der Waals surface area contributed by atoms with Crippen LogP contribution in [0.5, 0.6) is 0 Å². The molecule has 0 radical (unpaired) electrons. The van der Waals surface area contributed by atoms with E-state index in [1.165, 1.54) is 42.3 Å². The summed E-state index contributed by atoms with van der Waals surface area (Å²) in [5.74, 6) is -0.581. The van der Waals surface area contributed by atoms with Crippen LogP contribution in [0.4, 0.5) is 11.4 Å². The fourth-order valence-electron chi connectivity index (χ4n) is 2.32. The van der Waals surface area contributed by atoms with Gasteiger partial charge in [-0.1, -0.05) is 23.7 Å². The summed E-state index contributed by atoms with van der Waals surface area (Å²) < 4.78 is 0. The van der Waals surface area contributed by atoms with E-state index in [1.807, 2.05) is 0 Å². The number of hydrogen-bond donors (Lipinski definition) is 0. The minimum Gasteiger partial charge on any atom is -0.335 e. The normalized spacial score (nSPS) is 11.6. The van der Waals surface area contributed by atoms with Gasteiger partial charge in [0.1, 0.15) is 5.56 Å². The second kappa shape index (κ2) is 7.27. The number of hydrogen-bond acceptors (Lipinski definition) is 5. The van der Waals surface area contributed by atoms with Gasteiger partial charge in [0, 0.05) is 30.3 Å². The summed E-state index contributed by atoms with van der Waals surface area (Å²) in [5, 5.41) is 22.2. The molecule has 0 bridgehead atoms. The van der Waals surface area contributed by atoms with E-state index in [0.29, 0.717) is 5.56 Å². The van der Waals surface area contributed by atoms with Crippen molar-refractivity contribution in [3.63, 3.8) is 0 Å². The lowest BCUT2D eigenvalue weighted by molar-refractivity contribution is -0.385. The number of halogens is 1. The van der Waals surface area contributed by atoms with E-state index in [2.05, 4.69) is 0 Å². The van der Waals surface area contributed by atoms with E-state index in [9.17, 15) is 25.0 Å². The van der Waals surface area contributed by atoms with E-state index < -0.39 is 27.5 Å². The first kappa shape index (κ1) is 18.3. The van der Waals surface area contributed by atoms with Gasteiger partial charge in [-0.25, -0.2) is 0 Å². The van der Waals surface area contributed by atoms with Crippen LogP contribution in [0.2, 0.25) is 5.02 Å². The van der Waals surface area contributed by atoms with E-state index in [1.54, 1.807) is 13.0 Å². The Morgan fingerprint density at radius 1 is 1.12 bits per heavy atom. The van der Waals surface area contributed by atoms with Crippen LogP contribution in [-0.2, 0) is 0 Å². The molecule has 0 aliphatic rings. The molecule has 2 rings (SSSR count). The zero-order chi connectivity index (χ0) is 18.7. The molecule has 0 heterocycles. The van der Waals surface area contributed by atoms with Crippen molar-refractivity contribution in [2.45, 2.75) is 13.0 Å². The molecule has 0 aliphatic heterocycles. The van der Waals surface area contributed by atoms with Gasteiger partial charge in [-0.15, -0.1) is 0 Å². The van der Waals surface area contributed by atoms with Crippen molar-refractivity contribution >= 4 is 28.9 Å². The number of rotatable bonds is 5. The number of nitro groups is 2. The smallest absolute Gasteiger partial charge is 0.283 e. The van der Waals surface area contributed by atoms with Crippen LogP contribution in [0.25, 0.3) is 0 Å². The second-order valence-corrected chi connectivity index (χ2v) is 5.80. The molecule has 130 valence electrons. The molecule has 1 amide bonds. The van der Waals surface area contributed by atoms with E-state index in [0.717, 1.165) is 6.07 Å². The fraction of sp³-hybridized carbons (Fsp3) is 0.188. The van der Waals surface area contributed by atoms with Crippen LogP contribution in [-0.4, -0.2) is 27.7 Å². The highest BCUT2D eigenvalue weighted by atomic mass is 35.5. The molecule has 25 heavy (non-hydrogen) atoms. The summed E-state index contributed by atoms with van der Waals surface area (Å²) in [6.07, 6.45) is 0. The van der Waals surface area contributed by atoms with E-state index in [-0.39, 0.29) is 16.3 Å². The van der Waals surface area contributed by atoms with E-state index >= 15 is 0 Å². The molecule has 0 aliphatic carbocycles. The summed E-state index contributed by atoms with van der Waals surface area (Å²) in [6, 6.07) is 9.16. The van der Waals surface area contributed by atoms with Gasteiger partial charge in [-0.2, -0.15) is 0 Å². The standard InChI is InChI=1S/C16H14ClN3O5/c1-10(11-4-3-5-13(8-11)19(22)23)18(2)16(21)14-7-6-12(17)9-15(14)20(24)25/h3-10H,1-2H3/t10-/m0/s1. The van der Waals surface area contributed by atoms with Gasteiger partial charge < -0.3 is 4.90 Å². The van der Waals surface area contributed by atoms with Gasteiger partial charge in [0.25, 0.3) is 17.3 Å². The van der Waals surface area contributed by atoms with Crippen molar-refractivity contribution in [2.24, 2.45) is 0 Å². The Morgan fingerprint density at radius 3 is 2.40 bits per heavy atom. The molecular weight excluding hydrogens is 350 g/mol. The predicted molar refractivity (Wildman–Crippen MR) is 91.7 cm³/mol. The molecule has 0 saturated heterocycles. The number of nitrogens with zero attached hydrogens (tertiary/aromatic N) is 3. The van der Waals surface area contributed by atoms with Gasteiger partial charge in [-0.3, -0.25) is 25.0 Å². The van der Waals surface area contributed by atoms with Crippen molar-refractivity contribution < 1.29 is 14.6 Å². The average molecular weight is 364 g/mol. The SMILES string of the molecule is C[C@@H](c1cccc([N+](=O)[O-])c1)N(C)C(=O)c1ccc(Cl)cc1[N+](=O)[O-].